The predicted molar refractivity (Wildman–Crippen MR) is 133 cm³/mol. The third kappa shape index (κ3) is 4.33. The molecular formula is C26H26ClN5O3. The molecule has 0 bridgehead atoms. The lowest BCUT2D eigenvalue weighted by Gasteiger charge is -2.34. The number of piperidine rings is 1. The molecule has 2 aliphatic rings. The Kier molecular flexibility index (Phi) is 6.37. The van der Waals surface area contributed by atoms with Crippen molar-refractivity contribution in [2.24, 2.45) is 0 Å². The van der Waals surface area contributed by atoms with Gasteiger partial charge in [-0.2, -0.15) is 10.4 Å². The van der Waals surface area contributed by atoms with E-state index in [1.54, 1.807) is 18.2 Å². The van der Waals surface area contributed by atoms with E-state index in [-0.39, 0.29) is 11.6 Å². The second-order valence-corrected chi connectivity index (χ2v) is 9.40. The van der Waals surface area contributed by atoms with Crippen molar-refractivity contribution in [1.29, 1.82) is 5.26 Å². The Bertz CT molecular complexity index is 1310. The van der Waals surface area contributed by atoms with Gasteiger partial charge in [-0.1, -0.05) is 17.7 Å². The van der Waals surface area contributed by atoms with E-state index < -0.39 is 6.09 Å². The molecule has 1 amide bonds. The number of nitriles is 1. The van der Waals surface area contributed by atoms with Crippen molar-refractivity contribution in [2.45, 2.75) is 44.7 Å². The molecule has 2 aliphatic heterocycles. The predicted octanol–water partition coefficient (Wildman–Crippen LogP) is 5.61. The summed E-state index contributed by atoms with van der Waals surface area (Å²) in [5.74, 6) is 0.866. The number of nitrogens with one attached hydrogen (secondary N) is 1. The summed E-state index contributed by atoms with van der Waals surface area (Å²) in [5, 5.41) is 27.9. The number of rotatable bonds is 4. The van der Waals surface area contributed by atoms with Gasteiger partial charge < -0.3 is 15.2 Å². The molecule has 2 aromatic carbocycles. The highest BCUT2D eigenvalue weighted by Gasteiger charge is 2.32. The number of anilines is 1. The van der Waals surface area contributed by atoms with Crippen molar-refractivity contribution >= 4 is 23.4 Å². The van der Waals surface area contributed by atoms with E-state index >= 15 is 0 Å². The molecule has 1 aromatic heterocycles. The maximum absolute atomic E-state index is 12.1. The van der Waals surface area contributed by atoms with E-state index in [4.69, 9.17) is 16.3 Å². The Labute approximate surface area is 208 Å². The van der Waals surface area contributed by atoms with Crippen LogP contribution in [-0.4, -0.2) is 40.1 Å². The Morgan fingerprint density at radius 3 is 2.80 bits per heavy atom. The zero-order valence-corrected chi connectivity index (χ0v) is 20.1. The summed E-state index contributed by atoms with van der Waals surface area (Å²) < 4.78 is 8.41. The summed E-state index contributed by atoms with van der Waals surface area (Å²) >= 11 is 6.26. The van der Waals surface area contributed by atoms with Gasteiger partial charge in [-0.3, -0.25) is 9.58 Å². The summed E-state index contributed by atoms with van der Waals surface area (Å²) in [5.41, 5.74) is 3.31. The standard InChI is InChI=1S/C26H26ClN5O3/c1-16-5-6-20-23(32(16)26(33)34)8-7-19(17-14-30-31(15-17)18-9-11-29-12-10-18)25(20)35-24-4-2-3-22(27)21(24)13-28/h2-4,7-8,14-16,18,29H,5-6,9-12H2,1H3,(H,33,34)/t16-/m0/s1. The van der Waals surface area contributed by atoms with Gasteiger partial charge in [0.15, 0.2) is 0 Å². The number of carbonyl (C=O) groups is 1. The van der Waals surface area contributed by atoms with Gasteiger partial charge in [0.1, 0.15) is 23.1 Å². The van der Waals surface area contributed by atoms with Crippen molar-refractivity contribution in [3.63, 3.8) is 0 Å². The molecule has 35 heavy (non-hydrogen) atoms. The fourth-order valence-corrected chi connectivity index (χ4v) is 5.20. The Hall–Kier alpha value is -3.54. The van der Waals surface area contributed by atoms with Crippen molar-refractivity contribution in [3.05, 3.63) is 58.9 Å². The SMILES string of the molecule is C[C@H]1CCc2c(ccc(-c3cnn(C4CCNCC4)c3)c2Oc2cccc(Cl)c2C#N)N1C(=O)O. The first kappa shape index (κ1) is 23.2. The lowest BCUT2D eigenvalue weighted by molar-refractivity contribution is 0.198. The molecule has 2 N–H and O–H groups in total. The van der Waals surface area contributed by atoms with Gasteiger partial charge in [0.2, 0.25) is 0 Å². The van der Waals surface area contributed by atoms with Crippen LogP contribution >= 0.6 is 11.6 Å². The summed E-state index contributed by atoms with van der Waals surface area (Å²) in [6.07, 6.45) is 6.16. The van der Waals surface area contributed by atoms with Crippen molar-refractivity contribution in [2.75, 3.05) is 18.0 Å². The molecule has 3 aromatic rings. The summed E-state index contributed by atoms with van der Waals surface area (Å²) in [6.45, 7) is 3.82. The Balaban J connectivity index is 1.64. The number of carboxylic acid groups (broad SMARTS) is 1. The van der Waals surface area contributed by atoms with Crippen LogP contribution in [0.5, 0.6) is 11.5 Å². The van der Waals surface area contributed by atoms with Gasteiger partial charge in [-0.05, 0) is 70.0 Å². The molecule has 5 rings (SSSR count). The molecular weight excluding hydrogens is 466 g/mol. The first-order valence-corrected chi connectivity index (χ1v) is 12.2. The van der Waals surface area contributed by atoms with Crippen molar-refractivity contribution in [1.82, 2.24) is 15.1 Å². The lowest BCUT2D eigenvalue weighted by atomic mass is 9.92. The highest BCUT2D eigenvalue weighted by molar-refractivity contribution is 6.32. The molecule has 1 fully saturated rings. The number of benzene rings is 2. The van der Waals surface area contributed by atoms with Crippen LogP contribution in [0.2, 0.25) is 5.02 Å². The van der Waals surface area contributed by atoms with Gasteiger partial charge in [-0.25, -0.2) is 4.79 Å². The summed E-state index contributed by atoms with van der Waals surface area (Å²) in [4.78, 5) is 13.5. The van der Waals surface area contributed by atoms with Crippen LogP contribution in [0.25, 0.3) is 11.1 Å². The average Bonchev–Trinajstić information content (AvgIpc) is 3.34. The molecule has 9 heteroatoms. The molecule has 180 valence electrons. The highest BCUT2D eigenvalue weighted by atomic mass is 35.5. The number of ether oxygens (including phenoxy) is 1. The average molecular weight is 492 g/mol. The Morgan fingerprint density at radius 2 is 2.06 bits per heavy atom. The van der Waals surface area contributed by atoms with E-state index in [1.807, 2.05) is 36.1 Å². The van der Waals surface area contributed by atoms with Crippen LogP contribution in [-0.2, 0) is 6.42 Å². The number of aromatic nitrogens is 2. The minimum absolute atomic E-state index is 0.151. The fraction of sp³-hybridized carbons (Fsp3) is 0.346. The molecule has 8 nitrogen and oxygen atoms in total. The van der Waals surface area contributed by atoms with Gasteiger partial charge in [0.25, 0.3) is 0 Å². The number of halogens is 1. The van der Waals surface area contributed by atoms with E-state index in [9.17, 15) is 15.2 Å². The van der Waals surface area contributed by atoms with Gasteiger partial charge in [0, 0.05) is 28.9 Å². The third-order valence-electron chi connectivity index (χ3n) is 6.85. The maximum atomic E-state index is 12.1. The molecule has 0 spiro atoms. The van der Waals surface area contributed by atoms with E-state index in [0.717, 1.165) is 42.6 Å². The zero-order valence-electron chi connectivity index (χ0n) is 19.4. The van der Waals surface area contributed by atoms with Crippen LogP contribution in [0.1, 0.15) is 43.4 Å². The van der Waals surface area contributed by atoms with E-state index in [2.05, 4.69) is 16.5 Å². The Morgan fingerprint density at radius 1 is 1.26 bits per heavy atom. The summed E-state index contributed by atoms with van der Waals surface area (Å²) in [6, 6.07) is 11.1. The van der Waals surface area contributed by atoms with Gasteiger partial charge in [0.05, 0.1) is 22.9 Å². The normalized spacial score (nSPS) is 18.1. The van der Waals surface area contributed by atoms with Crippen LogP contribution in [0.3, 0.4) is 0 Å². The smallest absolute Gasteiger partial charge is 0.412 e. The van der Waals surface area contributed by atoms with Crippen LogP contribution in [0.4, 0.5) is 10.5 Å². The topological polar surface area (TPSA) is 103 Å². The third-order valence-corrected chi connectivity index (χ3v) is 7.16. The first-order valence-electron chi connectivity index (χ1n) is 11.8. The fourth-order valence-electron chi connectivity index (χ4n) is 5.00. The number of fused-ring (bicyclic) bond motifs is 1. The minimum atomic E-state index is -1.00. The van der Waals surface area contributed by atoms with Crippen molar-refractivity contribution < 1.29 is 14.6 Å². The number of hydrogen-bond acceptors (Lipinski definition) is 5. The van der Waals surface area contributed by atoms with Gasteiger partial charge in [-0.15, -0.1) is 0 Å². The molecule has 0 saturated carbocycles. The molecule has 0 aliphatic carbocycles. The molecule has 3 heterocycles. The zero-order chi connectivity index (χ0) is 24.5. The molecule has 0 unspecified atom stereocenters. The second-order valence-electron chi connectivity index (χ2n) is 9.00. The monoisotopic (exact) mass is 491 g/mol. The number of hydrogen-bond donors (Lipinski definition) is 2. The van der Waals surface area contributed by atoms with Crippen molar-refractivity contribution in [3.8, 4) is 28.7 Å². The molecule has 1 atom stereocenters. The number of nitrogens with zero attached hydrogens (tertiary/aromatic N) is 4. The maximum Gasteiger partial charge on any atom is 0.412 e. The first-order chi connectivity index (χ1) is 17.0. The van der Waals surface area contributed by atoms with Crippen LogP contribution < -0.4 is 15.0 Å². The van der Waals surface area contributed by atoms with Crippen LogP contribution in [0, 0.1) is 11.3 Å². The van der Waals surface area contributed by atoms with Gasteiger partial charge >= 0.3 is 6.09 Å². The van der Waals surface area contributed by atoms with E-state index in [0.29, 0.717) is 41.1 Å². The molecule has 0 radical (unpaired) electrons. The van der Waals surface area contributed by atoms with E-state index in [1.165, 1.54) is 4.90 Å². The highest BCUT2D eigenvalue weighted by Crippen LogP contribution is 2.45. The van der Waals surface area contributed by atoms with Crippen LogP contribution in [0.15, 0.2) is 42.7 Å². The second kappa shape index (κ2) is 9.61. The lowest BCUT2D eigenvalue weighted by Crippen LogP contribution is -2.41. The minimum Gasteiger partial charge on any atom is -0.465 e. The molecule has 1 saturated heterocycles. The number of amides is 1. The quantitative estimate of drug-likeness (QED) is 0.491. The largest absolute Gasteiger partial charge is 0.465 e. The summed E-state index contributed by atoms with van der Waals surface area (Å²) in [7, 11) is 0.